The number of hydrogen-bond acceptors (Lipinski definition) is 5. The van der Waals surface area contributed by atoms with Crippen molar-refractivity contribution >= 4 is 35.1 Å². The van der Waals surface area contributed by atoms with Crippen molar-refractivity contribution in [3.05, 3.63) is 51.8 Å². The van der Waals surface area contributed by atoms with Crippen molar-refractivity contribution in [2.24, 2.45) is 12.0 Å². The topological polar surface area (TPSA) is 65.7 Å². The second-order valence-electron chi connectivity index (χ2n) is 8.02. The van der Waals surface area contributed by atoms with Gasteiger partial charge < -0.3 is 9.47 Å². The molecule has 10 heteroatoms. The van der Waals surface area contributed by atoms with Crippen LogP contribution in [0.1, 0.15) is 43.3 Å². The summed E-state index contributed by atoms with van der Waals surface area (Å²) in [5.74, 6) is -2.29. The first-order valence-electron chi connectivity index (χ1n) is 9.61. The number of esters is 1. The van der Waals surface area contributed by atoms with E-state index < -0.39 is 18.9 Å². The fourth-order valence-corrected chi connectivity index (χ4v) is 3.17. The first-order chi connectivity index (χ1) is 14.8. The highest BCUT2D eigenvalue weighted by molar-refractivity contribution is 6.33. The van der Waals surface area contributed by atoms with Gasteiger partial charge in [0, 0.05) is 25.9 Å². The second kappa shape index (κ2) is 9.77. The van der Waals surface area contributed by atoms with Crippen molar-refractivity contribution in [2.75, 3.05) is 13.8 Å². The van der Waals surface area contributed by atoms with Crippen LogP contribution in [0.5, 0.6) is 0 Å². The first-order valence-corrected chi connectivity index (χ1v) is 9.98. The fraction of sp³-hybridized carbons (Fsp3) is 0.409. The summed E-state index contributed by atoms with van der Waals surface area (Å²) in [6.07, 6.45) is -3.64. The predicted molar refractivity (Wildman–Crippen MR) is 117 cm³/mol. The number of halogens is 4. The van der Waals surface area contributed by atoms with Crippen molar-refractivity contribution < 1.29 is 27.4 Å². The molecule has 0 aliphatic carbocycles. The van der Waals surface area contributed by atoms with E-state index in [2.05, 4.69) is 35.6 Å². The molecule has 2 rings (SSSR count). The molecule has 0 saturated carbocycles. The summed E-state index contributed by atoms with van der Waals surface area (Å²) in [4.78, 5) is 15.2. The lowest BCUT2D eigenvalue weighted by molar-refractivity contribution is -0.206. The number of allylic oxidation sites excluding steroid dienone is 1. The molecule has 2 aromatic rings. The number of hydrogen-bond donors (Lipinski definition) is 0. The molecular formula is C22H25ClF3N3O3. The normalized spacial score (nSPS) is 13.3. The Morgan fingerprint density at radius 1 is 1.19 bits per heavy atom. The molecule has 1 aromatic carbocycles. The molecule has 0 saturated heterocycles. The summed E-state index contributed by atoms with van der Waals surface area (Å²) in [5, 5.41) is 4.48. The summed E-state index contributed by atoms with van der Waals surface area (Å²) in [7, 11) is 3.16. The van der Waals surface area contributed by atoms with Gasteiger partial charge in [0.1, 0.15) is 5.69 Å². The van der Waals surface area contributed by atoms with E-state index in [-0.39, 0.29) is 16.2 Å². The molecule has 0 N–H and O–H groups in total. The van der Waals surface area contributed by atoms with Gasteiger partial charge in [-0.2, -0.15) is 18.3 Å². The minimum absolute atomic E-state index is 0.0715. The van der Waals surface area contributed by atoms with Gasteiger partial charge in [0.25, 0.3) is 0 Å². The molecule has 0 aliphatic heterocycles. The summed E-state index contributed by atoms with van der Waals surface area (Å²) in [5.41, 5.74) is 2.92. The van der Waals surface area contributed by atoms with E-state index in [0.717, 1.165) is 5.56 Å². The van der Waals surface area contributed by atoms with Crippen LogP contribution in [0.2, 0.25) is 5.02 Å². The molecular weight excluding hydrogens is 447 g/mol. The highest BCUT2D eigenvalue weighted by Gasteiger charge is 2.41. The summed E-state index contributed by atoms with van der Waals surface area (Å²) >= 11 is 6.41. The number of aliphatic imine (C=N–C) groups is 1. The molecule has 1 aromatic heterocycles. The van der Waals surface area contributed by atoms with Crippen molar-refractivity contribution in [1.82, 2.24) is 9.78 Å². The van der Waals surface area contributed by atoms with E-state index in [4.69, 9.17) is 16.3 Å². The number of aromatic nitrogens is 2. The maximum atomic E-state index is 12.5. The van der Waals surface area contributed by atoms with Gasteiger partial charge in [0.15, 0.2) is 5.76 Å². The predicted octanol–water partition coefficient (Wildman–Crippen LogP) is 5.33. The third-order valence-electron chi connectivity index (χ3n) is 4.55. The largest absolute Gasteiger partial charge is 0.491 e. The monoisotopic (exact) mass is 471 g/mol. The number of benzene rings is 1. The molecule has 0 amide bonds. The third-order valence-corrected chi connectivity index (χ3v) is 5.01. The van der Waals surface area contributed by atoms with E-state index in [0.29, 0.717) is 22.5 Å². The van der Waals surface area contributed by atoms with Crippen LogP contribution in [-0.4, -0.2) is 42.0 Å². The summed E-state index contributed by atoms with van der Waals surface area (Å²) in [6.45, 7) is 6.93. The highest BCUT2D eigenvalue weighted by atomic mass is 35.5. The molecule has 0 bridgehead atoms. The third kappa shape index (κ3) is 5.91. The van der Waals surface area contributed by atoms with Crippen LogP contribution in [0.15, 0.2) is 29.3 Å². The molecule has 0 unspecified atom stereocenters. The number of ether oxygens (including phenoxy) is 2. The average molecular weight is 472 g/mol. The summed E-state index contributed by atoms with van der Waals surface area (Å²) in [6, 6.07) is 7.58. The number of nitrogens with zero attached hydrogens (tertiary/aromatic N) is 3. The van der Waals surface area contributed by atoms with Crippen LogP contribution in [0.25, 0.3) is 11.3 Å². The molecule has 0 atom stereocenters. The van der Waals surface area contributed by atoms with Gasteiger partial charge in [-0.05, 0) is 23.5 Å². The Bertz CT molecular complexity index is 1030. The molecule has 0 fully saturated rings. The summed E-state index contributed by atoms with van der Waals surface area (Å²) < 4.78 is 48.7. The Morgan fingerprint density at radius 3 is 2.22 bits per heavy atom. The molecule has 0 aliphatic rings. The van der Waals surface area contributed by atoms with Gasteiger partial charge in [-0.3, -0.25) is 9.67 Å². The van der Waals surface area contributed by atoms with Gasteiger partial charge in [-0.15, -0.1) is 0 Å². The highest BCUT2D eigenvalue weighted by Crippen LogP contribution is 2.34. The lowest BCUT2D eigenvalue weighted by Crippen LogP contribution is -2.26. The Labute approximate surface area is 189 Å². The first kappa shape index (κ1) is 25.5. The molecule has 32 heavy (non-hydrogen) atoms. The Kier molecular flexibility index (Phi) is 7.77. The van der Waals surface area contributed by atoms with Crippen LogP contribution >= 0.6 is 11.6 Å². The molecule has 0 spiro atoms. The number of rotatable bonds is 6. The van der Waals surface area contributed by atoms with Crippen LogP contribution in [0.4, 0.5) is 13.2 Å². The van der Waals surface area contributed by atoms with Crippen LogP contribution < -0.4 is 0 Å². The number of alkyl halides is 3. The number of carbonyl (C=O) groups excluding carboxylic acids is 1. The van der Waals surface area contributed by atoms with Crippen molar-refractivity contribution in [1.29, 1.82) is 0 Å². The second-order valence-corrected chi connectivity index (χ2v) is 8.40. The van der Waals surface area contributed by atoms with E-state index in [1.54, 1.807) is 21.0 Å². The SMILES string of the molecule is C/N=C\C(=C(\OCOC(=O)C(F)(F)F)c1c(Cl)c(C)nn1C)c1ccc(C(C)(C)C)cc1. The Balaban J connectivity index is 2.60. The van der Waals surface area contributed by atoms with E-state index in [1.807, 2.05) is 24.3 Å². The average Bonchev–Trinajstić information content (AvgIpc) is 2.94. The van der Waals surface area contributed by atoms with Crippen molar-refractivity contribution in [2.45, 2.75) is 39.3 Å². The van der Waals surface area contributed by atoms with Gasteiger partial charge in [-0.1, -0.05) is 56.6 Å². The van der Waals surface area contributed by atoms with Crippen LogP contribution in [0.3, 0.4) is 0 Å². The fourth-order valence-electron chi connectivity index (χ4n) is 2.92. The molecule has 174 valence electrons. The molecule has 6 nitrogen and oxygen atoms in total. The van der Waals surface area contributed by atoms with Crippen LogP contribution in [0, 0.1) is 6.92 Å². The maximum absolute atomic E-state index is 12.5. The van der Waals surface area contributed by atoms with Gasteiger partial charge in [0.05, 0.1) is 10.7 Å². The van der Waals surface area contributed by atoms with Gasteiger partial charge >= 0.3 is 12.1 Å². The van der Waals surface area contributed by atoms with E-state index in [9.17, 15) is 18.0 Å². The number of carbonyl (C=O) groups is 1. The zero-order valence-corrected chi connectivity index (χ0v) is 19.4. The minimum atomic E-state index is -5.13. The lowest BCUT2D eigenvalue weighted by atomic mass is 9.86. The quantitative estimate of drug-likeness (QED) is 0.247. The minimum Gasteiger partial charge on any atom is -0.454 e. The van der Waals surface area contributed by atoms with Crippen LogP contribution in [-0.2, 0) is 26.7 Å². The van der Waals surface area contributed by atoms with Gasteiger partial charge in [-0.25, -0.2) is 4.79 Å². The molecule has 1 heterocycles. The Hall–Kier alpha value is -2.81. The van der Waals surface area contributed by atoms with E-state index >= 15 is 0 Å². The van der Waals surface area contributed by atoms with Gasteiger partial charge in [0.2, 0.25) is 6.79 Å². The lowest BCUT2D eigenvalue weighted by Gasteiger charge is -2.20. The zero-order chi connectivity index (χ0) is 24.3. The Morgan fingerprint density at radius 2 is 1.78 bits per heavy atom. The van der Waals surface area contributed by atoms with Crippen molar-refractivity contribution in [3.8, 4) is 0 Å². The molecule has 0 radical (unpaired) electrons. The maximum Gasteiger partial charge on any atom is 0.491 e. The zero-order valence-electron chi connectivity index (χ0n) is 18.7. The van der Waals surface area contributed by atoms with E-state index in [1.165, 1.54) is 10.9 Å². The number of aryl methyl sites for hydroxylation is 2. The standard InChI is InChI=1S/C22H25ClF3N3O3/c1-13-17(23)18(29(6)28-13)19(31-12-32-20(30)22(24,25)26)16(11-27-5)14-7-9-15(10-8-14)21(2,3)4/h7-11H,12H2,1-6H3/b19-16-,27-11-. The smallest absolute Gasteiger partial charge is 0.454 e. The van der Waals surface area contributed by atoms with Crippen molar-refractivity contribution in [3.63, 3.8) is 0 Å².